The lowest BCUT2D eigenvalue weighted by Gasteiger charge is -2.35. The van der Waals surface area contributed by atoms with Gasteiger partial charge >= 0.3 is 12.1 Å². The number of nitrogens with zero attached hydrogens (tertiary/aromatic N) is 1. The Morgan fingerprint density at radius 1 is 1.32 bits per heavy atom. The molecule has 1 fully saturated rings. The van der Waals surface area contributed by atoms with E-state index in [-0.39, 0.29) is 31.0 Å². The molecule has 0 spiro atoms. The van der Waals surface area contributed by atoms with Crippen molar-refractivity contribution in [2.75, 3.05) is 20.2 Å². The van der Waals surface area contributed by atoms with E-state index in [1.54, 1.807) is 13.8 Å². The predicted molar refractivity (Wildman–Crippen MR) is 66.5 cm³/mol. The van der Waals surface area contributed by atoms with E-state index in [2.05, 4.69) is 10.1 Å². The van der Waals surface area contributed by atoms with Crippen LogP contribution < -0.4 is 5.32 Å². The maximum atomic E-state index is 11.6. The molecular weight excluding hydrogens is 252 g/mol. The van der Waals surface area contributed by atoms with Gasteiger partial charge in [0, 0.05) is 25.0 Å². The van der Waals surface area contributed by atoms with Crippen molar-refractivity contribution in [2.24, 2.45) is 11.8 Å². The summed E-state index contributed by atoms with van der Waals surface area (Å²) in [6.45, 7) is 3.89. The van der Waals surface area contributed by atoms with Gasteiger partial charge in [0.1, 0.15) is 0 Å². The van der Waals surface area contributed by atoms with Gasteiger partial charge in [-0.2, -0.15) is 0 Å². The van der Waals surface area contributed by atoms with Crippen LogP contribution in [-0.2, 0) is 14.3 Å². The highest BCUT2D eigenvalue weighted by atomic mass is 16.5. The molecule has 2 N–H and O–H groups in total. The van der Waals surface area contributed by atoms with Gasteiger partial charge in [-0.1, -0.05) is 13.8 Å². The molecule has 108 valence electrons. The summed E-state index contributed by atoms with van der Waals surface area (Å²) in [5, 5.41) is 11.8. The topological polar surface area (TPSA) is 95.9 Å². The highest BCUT2D eigenvalue weighted by Gasteiger charge is 2.35. The molecule has 0 aromatic carbocycles. The Labute approximate surface area is 111 Å². The highest BCUT2D eigenvalue weighted by Crippen LogP contribution is 2.18. The van der Waals surface area contributed by atoms with Crippen molar-refractivity contribution >= 4 is 18.0 Å². The summed E-state index contributed by atoms with van der Waals surface area (Å²) in [6, 6.07) is -0.358. The van der Waals surface area contributed by atoms with Gasteiger partial charge in [-0.25, -0.2) is 4.79 Å². The van der Waals surface area contributed by atoms with Crippen LogP contribution in [0.3, 0.4) is 0 Å². The van der Waals surface area contributed by atoms with E-state index in [0.717, 1.165) is 0 Å². The average molecular weight is 272 g/mol. The van der Waals surface area contributed by atoms with Gasteiger partial charge in [0.25, 0.3) is 0 Å². The number of carboxylic acids is 1. The second-order valence-corrected chi connectivity index (χ2v) is 5.01. The van der Waals surface area contributed by atoms with Crippen LogP contribution in [0.15, 0.2) is 0 Å². The van der Waals surface area contributed by atoms with Gasteiger partial charge < -0.3 is 20.1 Å². The number of aliphatic carboxylic acids is 1. The Bertz CT molecular complexity index is 369. The van der Waals surface area contributed by atoms with Gasteiger partial charge in [-0.15, -0.1) is 0 Å². The monoisotopic (exact) mass is 272 g/mol. The average Bonchev–Trinajstić information content (AvgIpc) is 2.37. The molecule has 0 bridgehead atoms. The number of carbonyl (C=O) groups is 3. The van der Waals surface area contributed by atoms with E-state index >= 15 is 0 Å². The van der Waals surface area contributed by atoms with Gasteiger partial charge in [0.05, 0.1) is 13.0 Å². The molecule has 2 amide bonds. The van der Waals surface area contributed by atoms with Crippen molar-refractivity contribution in [3.63, 3.8) is 0 Å². The zero-order valence-electron chi connectivity index (χ0n) is 11.4. The fraction of sp³-hybridized carbons (Fsp3) is 0.750. The lowest BCUT2D eigenvalue weighted by molar-refractivity contribution is -0.144. The molecule has 1 saturated heterocycles. The van der Waals surface area contributed by atoms with Crippen LogP contribution in [0, 0.1) is 11.8 Å². The van der Waals surface area contributed by atoms with Crippen LogP contribution in [0.1, 0.15) is 20.3 Å². The maximum Gasteiger partial charge on any atom is 0.409 e. The van der Waals surface area contributed by atoms with Crippen molar-refractivity contribution < 1.29 is 24.2 Å². The molecule has 0 aliphatic carbocycles. The first kappa shape index (κ1) is 15.3. The largest absolute Gasteiger partial charge is 0.481 e. The van der Waals surface area contributed by atoms with E-state index < -0.39 is 18.0 Å². The lowest BCUT2D eigenvalue weighted by atomic mass is 9.94. The van der Waals surface area contributed by atoms with Crippen LogP contribution in [-0.4, -0.2) is 54.2 Å². The summed E-state index contributed by atoms with van der Waals surface area (Å²) in [6.07, 6.45) is -0.254. The second-order valence-electron chi connectivity index (χ2n) is 5.01. The smallest absolute Gasteiger partial charge is 0.409 e. The van der Waals surface area contributed by atoms with Crippen LogP contribution in [0.5, 0.6) is 0 Å². The second kappa shape index (κ2) is 6.40. The zero-order valence-corrected chi connectivity index (χ0v) is 11.4. The molecule has 0 aromatic rings. The first-order chi connectivity index (χ1) is 8.85. The first-order valence-electron chi connectivity index (χ1n) is 6.21. The molecule has 0 saturated carbocycles. The number of carbonyl (C=O) groups excluding carboxylic acids is 2. The fourth-order valence-corrected chi connectivity index (χ4v) is 2.03. The summed E-state index contributed by atoms with van der Waals surface area (Å²) >= 11 is 0. The minimum Gasteiger partial charge on any atom is -0.481 e. The summed E-state index contributed by atoms with van der Waals surface area (Å²) in [5.74, 6) is -2.00. The van der Waals surface area contributed by atoms with E-state index in [0.29, 0.717) is 6.42 Å². The van der Waals surface area contributed by atoms with Crippen molar-refractivity contribution in [3.8, 4) is 0 Å². The van der Waals surface area contributed by atoms with Gasteiger partial charge in [0.15, 0.2) is 0 Å². The molecule has 1 aliphatic heterocycles. The summed E-state index contributed by atoms with van der Waals surface area (Å²) in [7, 11) is 1.24. The predicted octanol–water partition coefficient (Wildman–Crippen LogP) is 0.300. The minimum atomic E-state index is -0.975. The molecule has 19 heavy (non-hydrogen) atoms. The molecule has 7 heteroatoms. The normalized spacial score (nSPS) is 23.1. The number of hydrogen-bond donors (Lipinski definition) is 2. The Hall–Kier alpha value is -1.79. The van der Waals surface area contributed by atoms with E-state index in [1.807, 2.05) is 0 Å². The highest BCUT2D eigenvalue weighted by molar-refractivity contribution is 5.79. The van der Waals surface area contributed by atoms with Crippen molar-refractivity contribution in [2.45, 2.75) is 26.3 Å². The number of nitrogens with one attached hydrogen (secondary N) is 1. The third kappa shape index (κ3) is 4.11. The number of likely N-dealkylation sites (tertiary alicyclic amines) is 1. The Balaban J connectivity index is 2.73. The van der Waals surface area contributed by atoms with Crippen molar-refractivity contribution in [1.82, 2.24) is 10.2 Å². The molecule has 1 heterocycles. The molecule has 1 rings (SSSR count). The third-order valence-electron chi connectivity index (χ3n) is 3.10. The number of ether oxygens (including phenoxy) is 1. The van der Waals surface area contributed by atoms with Gasteiger partial charge in [-0.05, 0) is 6.42 Å². The SMILES string of the molecule is COC(=O)N1CC(NC(=O)C(C)C)CC(C(=O)O)C1. The van der Waals surface area contributed by atoms with Crippen LogP contribution in [0.25, 0.3) is 0 Å². The first-order valence-corrected chi connectivity index (χ1v) is 6.21. The summed E-state index contributed by atoms with van der Waals surface area (Å²) in [4.78, 5) is 35.5. The Morgan fingerprint density at radius 2 is 1.95 bits per heavy atom. The Morgan fingerprint density at radius 3 is 2.42 bits per heavy atom. The molecular formula is C12H20N2O5. The molecule has 0 aromatic heterocycles. The summed E-state index contributed by atoms with van der Waals surface area (Å²) in [5.41, 5.74) is 0. The molecule has 7 nitrogen and oxygen atoms in total. The van der Waals surface area contributed by atoms with Crippen molar-refractivity contribution in [3.05, 3.63) is 0 Å². The van der Waals surface area contributed by atoms with E-state index in [4.69, 9.17) is 5.11 Å². The standard InChI is InChI=1S/C12H20N2O5/c1-7(2)10(15)13-9-4-8(11(16)17)5-14(6-9)12(18)19-3/h7-9H,4-6H2,1-3H3,(H,13,15)(H,16,17). The minimum absolute atomic E-state index is 0.107. The van der Waals surface area contributed by atoms with Crippen LogP contribution >= 0.6 is 0 Å². The molecule has 1 aliphatic rings. The molecule has 0 radical (unpaired) electrons. The van der Waals surface area contributed by atoms with Crippen LogP contribution in [0.2, 0.25) is 0 Å². The molecule has 2 unspecified atom stereocenters. The van der Waals surface area contributed by atoms with Crippen molar-refractivity contribution in [1.29, 1.82) is 0 Å². The zero-order chi connectivity index (χ0) is 14.6. The third-order valence-corrected chi connectivity index (χ3v) is 3.10. The molecule has 2 atom stereocenters. The van der Waals surface area contributed by atoms with Gasteiger partial charge in [0.2, 0.25) is 5.91 Å². The number of piperidine rings is 1. The quantitative estimate of drug-likeness (QED) is 0.770. The Kier molecular flexibility index (Phi) is 5.14. The van der Waals surface area contributed by atoms with Gasteiger partial charge in [-0.3, -0.25) is 9.59 Å². The number of amides is 2. The number of methoxy groups -OCH3 is 1. The number of hydrogen-bond acceptors (Lipinski definition) is 4. The maximum absolute atomic E-state index is 11.6. The fourth-order valence-electron chi connectivity index (χ4n) is 2.03. The number of rotatable bonds is 3. The lowest BCUT2D eigenvalue weighted by Crippen LogP contribution is -2.54. The van der Waals surface area contributed by atoms with E-state index in [9.17, 15) is 14.4 Å². The van der Waals surface area contributed by atoms with E-state index in [1.165, 1.54) is 12.0 Å². The number of carboxylic acid groups (broad SMARTS) is 1. The van der Waals surface area contributed by atoms with Crippen LogP contribution in [0.4, 0.5) is 4.79 Å². The summed E-state index contributed by atoms with van der Waals surface area (Å²) < 4.78 is 4.60.